The minimum absolute atomic E-state index is 0.518. The highest BCUT2D eigenvalue weighted by molar-refractivity contribution is 7.99. The molecule has 2 amide bonds. The summed E-state index contributed by atoms with van der Waals surface area (Å²) in [7, 11) is 0. The molecule has 0 aliphatic rings. The second kappa shape index (κ2) is 23.6. The molecule has 0 fully saturated rings. The third-order valence-electron chi connectivity index (χ3n) is 4.94. The number of nitrogens with one attached hydrogen (secondary N) is 2. The fourth-order valence-corrected chi connectivity index (χ4v) is 4.23. The smallest absolute Gasteiger partial charge is 0.326 e. The molecule has 162 valence electrons. The van der Waals surface area contributed by atoms with E-state index < -0.39 is 6.03 Å². The van der Waals surface area contributed by atoms with Gasteiger partial charge in [-0.15, -0.1) is 0 Å². The second-order valence-electron chi connectivity index (χ2n) is 7.69. The highest BCUT2D eigenvalue weighted by Gasteiger charge is 1.96. The van der Waals surface area contributed by atoms with Crippen molar-refractivity contribution in [2.24, 2.45) is 5.73 Å². The van der Waals surface area contributed by atoms with Gasteiger partial charge in [0.1, 0.15) is 0 Å². The van der Waals surface area contributed by atoms with E-state index in [9.17, 15) is 4.79 Å². The molecule has 0 heterocycles. The summed E-state index contributed by atoms with van der Waals surface area (Å²) in [5, 5.41) is 0. The zero-order valence-corrected chi connectivity index (χ0v) is 18.9. The average molecular weight is 402 g/mol. The molecule has 0 spiro atoms. The Morgan fingerprint density at radius 1 is 0.667 bits per heavy atom. The maximum absolute atomic E-state index is 10.5. The number of hydrogen-bond donors (Lipinski definition) is 3. The van der Waals surface area contributed by atoms with Crippen molar-refractivity contribution in [1.82, 2.24) is 10.9 Å². The highest BCUT2D eigenvalue weighted by Crippen LogP contribution is 2.14. The van der Waals surface area contributed by atoms with E-state index in [4.69, 9.17) is 5.73 Å². The summed E-state index contributed by atoms with van der Waals surface area (Å²) >= 11 is 2.01. The Labute approximate surface area is 173 Å². The quantitative estimate of drug-likeness (QED) is 0.142. The van der Waals surface area contributed by atoms with Crippen molar-refractivity contribution in [3.8, 4) is 0 Å². The Bertz CT molecular complexity index is 303. The van der Waals surface area contributed by atoms with Crippen molar-refractivity contribution in [2.75, 3.05) is 18.1 Å². The lowest BCUT2D eigenvalue weighted by molar-refractivity contribution is 0.245. The summed E-state index contributed by atoms with van der Waals surface area (Å²) in [5.41, 5.74) is 10.2. The summed E-state index contributed by atoms with van der Waals surface area (Å²) in [6, 6.07) is -0.518. The number of carbonyl (C=O) groups excluding carboxylic acids is 1. The first-order valence-electron chi connectivity index (χ1n) is 11.6. The Hall–Kier alpha value is -0.420. The van der Waals surface area contributed by atoms with Crippen LogP contribution in [0.4, 0.5) is 4.79 Å². The Kier molecular flexibility index (Phi) is 23.3. The molecule has 0 aliphatic carbocycles. The number of thioether (sulfide) groups is 1. The van der Waals surface area contributed by atoms with Crippen LogP contribution in [-0.4, -0.2) is 24.1 Å². The van der Waals surface area contributed by atoms with Crippen molar-refractivity contribution >= 4 is 17.8 Å². The van der Waals surface area contributed by atoms with Gasteiger partial charge in [0.2, 0.25) is 0 Å². The summed E-state index contributed by atoms with van der Waals surface area (Å²) in [6.07, 6.45) is 23.9. The van der Waals surface area contributed by atoms with Crippen molar-refractivity contribution < 1.29 is 4.79 Å². The first kappa shape index (κ1) is 26.6. The van der Waals surface area contributed by atoms with E-state index in [0.717, 1.165) is 18.7 Å². The van der Waals surface area contributed by atoms with Gasteiger partial charge in [0, 0.05) is 6.54 Å². The number of hydrogen-bond acceptors (Lipinski definition) is 3. The number of rotatable bonds is 22. The first-order chi connectivity index (χ1) is 13.3. The zero-order valence-electron chi connectivity index (χ0n) is 18.0. The molecule has 4 nitrogen and oxygen atoms in total. The predicted molar refractivity (Wildman–Crippen MR) is 122 cm³/mol. The molecule has 0 aliphatic heterocycles. The van der Waals surface area contributed by atoms with E-state index >= 15 is 0 Å². The molecule has 0 aromatic heterocycles. The molecule has 5 heteroatoms. The van der Waals surface area contributed by atoms with Gasteiger partial charge in [-0.25, -0.2) is 10.2 Å². The van der Waals surface area contributed by atoms with Gasteiger partial charge < -0.3 is 5.73 Å². The Balaban J connectivity index is 2.98. The first-order valence-corrected chi connectivity index (χ1v) is 12.8. The van der Waals surface area contributed by atoms with Crippen LogP contribution in [0.2, 0.25) is 0 Å². The van der Waals surface area contributed by atoms with Crippen LogP contribution in [0.5, 0.6) is 0 Å². The fraction of sp³-hybridized carbons (Fsp3) is 0.955. The van der Waals surface area contributed by atoms with Crippen LogP contribution in [0.1, 0.15) is 116 Å². The molecule has 0 atom stereocenters. The van der Waals surface area contributed by atoms with Crippen molar-refractivity contribution in [3.05, 3.63) is 0 Å². The number of urea groups is 1. The van der Waals surface area contributed by atoms with Crippen LogP contribution in [0, 0.1) is 0 Å². The standard InChI is InChI=1S/C22H47N3OS/c1-2-3-4-5-6-7-8-9-10-11-12-13-14-15-16-17-20-27-21-18-19-24-25-22(23)26/h24H,2-21H2,1H3,(H3,23,25,26). The highest BCUT2D eigenvalue weighted by atomic mass is 32.2. The normalized spacial score (nSPS) is 11.0. The average Bonchev–Trinajstić information content (AvgIpc) is 2.65. The molecule has 0 aromatic rings. The van der Waals surface area contributed by atoms with Crippen LogP contribution in [0.3, 0.4) is 0 Å². The van der Waals surface area contributed by atoms with E-state index in [1.807, 2.05) is 11.8 Å². The SMILES string of the molecule is CCCCCCCCCCCCCCCCCCSCCCNNC(N)=O. The number of carbonyl (C=O) groups is 1. The Morgan fingerprint density at radius 3 is 1.52 bits per heavy atom. The summed E-state index contributed by atoms with van der Waals surface area (Å²) in [6.45, 7) is 3.07. The zero-order chi connectivity index (χ0) is 19.8. The largest absolute Gasteiger partial charge is 0.351 e. The lowest BCUT2D eigenvalue weighted by Crippen LogP contribution is -2.41. The van der Waals surface area contributed by atoms with E-state index in [0.29, 0.717) is 0 Å². The molecule has 27 heavy (non-hydrogen) atoms. The van der Waals surface area contributed by atoms with Crippen LogP contribution in [-0.2, 0) is 0 Å². The molecular formula is C22H47N3OS. The summed E-state index contributed by atoms with van der Waals surface area (Å²) in [5.74, 6) is 2.41. The number of unbranched alkanes of at least 4 members (excludes halogenated alkanes) is 15. The molecular weight excluding hydrogens is 354 g/mol. The lowest BCUT2D eigenvalue weighted by Gasteiger charge is -2.05. The molecule has 0 rings (SSSR count). The minimum atomic E-state index is -0.518. The van der Waals surface area contributed by atoms with Crippen LogP contribution in [0.15, 0.2) is 0 Å². The molecule has 0 unspecified atom stereocenters. The van der Waals surface area contributed by atoms with Gasteiger partial charge in [0.25, 0.3) is 0 Å². The molecule has 0 radical (unpaired) electrons. The second-order valence-corrected chi connectivity index (χ2v) is 8.91. The molecule has 0 saturated carbocycles. The van der Waals surface area contributed by atoms with Gasteiger partial charge in [0.05, 0.1) is 0 Å². The number of hydrazine groups is 1. The Morgan fingerprint density at radius 2 is 1.07 bits per heavy atom. The summed E-state index contributed by atoms with van der Waals surface area (Å²) < 4.78 is 0. The molecule has 4 N–H and O–H groups in total. The topological polar surface area (TPSA) is 67.2 Å². The minimum Gasteiger partial charge on any atom is -0.351 e. The van der Waals surface area contributed by atoms with Gasteiger partial charge in [-0.1, -0.05) is 103 Å². The molecule has 0 saturated heterocycles. The third-order valence-corrected chi connectivity index (χ3v) is 6.10. The van der Waals surface area contributed by atoms with Gasteiger partial charge in [-0.3, -0.25) is 5.43 Å². The lowest BCUT2D eigenvalue weighted by atomic mass is 10.0. The predicted octanol–water partition coefficient (Wildman–Crippen LogP) is 6.54. The number of nitrogens with two attached hydrogens (primary N) is 1. The van der Waals surface area contributed by atoms with E-state index in [1.54, 1.807) is 0 Å². The van der Waals surface area contributed by atoms with Crippen LogP contribution in [0.25, 0.3) is 0 Å². The number of primary amides is 1. The van der Waals surface area contributed by atoms with E-state index in [1.165, 1.54) is 108 Å². The monoisotopic (exact) mass is 401 g/mol. The van der Waals surface area contributed by atoms with Crippen molar-refractivity contribution in [3.63, 3.8) is 0 Å². The third kappa shape index (κ3) is 25.6. The van der Waals surface area contributed by atoms with Crippen molar-refractivity contribution in [1.29, 1.82) is 0 Å². The molecule has 0 aromatic carbocycles. The van der Waals surface area contributed by atoms with Crippen molar-refractivity contribution in [2.45, 2.75) is 116 Å². The van der Waals surface area contributed by atoms with Crippen LogP contribution >= 0.6 is 11.8 Å². The van der Waals surface area contributed by atoms with E-state index in [2.05, 4.69) is 17.8 Å². The van der Waals surface area contributed by atoms with Crippen LogP contribution < -0.4 is 16.6 Å². The molecule has 0 bridgehead atoms. The van der Waals surface area contributed by atoms with E-state index in [-0.39, 0.29) is 0 Å². The van der Waals surface area contributed by atoms with Gasteiger partial charge >= 0.3 is 6.03 Å². The fourth-order valence-electron chi connectivity index (χ4n) is 3.27. The maximum Gasteiger partial charge on any atom is 0.326 e. The summed E-state index contributed by atoms with van der Waals surface area (Å²) in [4.78, 5) is 10.5. The number of amides is 2. The van der Waals surface area contributed by atoms with Gasteiger partial charge in [0.15, 0.2) is 0 Å². The maximum atomic E-state index is 10.5. The van der Waals surface area contributed by atoms with Gasteiger partial charge in [-0.05, 0) is 24.3 Å². The van der Waals surface area contributed by atoms with Gasteiger partial charge in [-0.2, -0.15) is 11.8 Å².